The van der Waals surface area contributed by atoms with Crippen molar-refractivity contribution in [3.05, 3.63) is 65.5 Å². The van der Waals surface area contributed by atoms with Gasteiger partial charge < -0.3 is 14.7 Å². The Morgan fingerprint density at radius 1 is 1.22 bits per heavy atom. The number of nitrogens with zero attached hydrogens (tertiary/aromatic N) is 1. The molecule has 5 heteroatoms. The molecule has 2 atom stereocenters. The maximum atomic E-state index is 13.0. The van der Waals surface area contributed by atoms with Gasteiger partial charge >= 0.3 is 0 Å². The summed E-state index contributed by atoms with van der Waals surface area (Å²) in [6, 6.07) is 13.8. The zero-order valence-electron chi connectivity index (χ0n) is 15.2. The molecule has 0 bridgehead atoms. The summed E-state index contributed by atoms with van der Waals surface area (Å²) in [7, 11) is 0. The number of carbonyl (C=O) groups excluding carboxylic acids is 1. The molecule has 2 heterocycles. The van der Waals surface area contributed by atoms with E-state index in [2.05, 4.69) is 11.0 Å². The molecular weight excluding hydrogens is 345 g/mol. The van der Waals surface area contributed by atoms with Crippen LogP contribution in [0.4, 0.5) is 4.39 Å². The molecule has 2 aliphatic heterocycles. The van der Waals surface area contributed by atoms with Crippen molar-refractivity contribution < 1.29 is 19.0 Å². The van der Waals surface area contributed by atoms with E-state index in [1.54, 1.807) is 0 Å². The largest absolute Gasteiger partial charge is 0.493 e. The predicted molar refractivity (Wildman–Crippen MR) is 101 cm³/mol. The molecule has 27 heavy (non-hydrogen) atoms. The number of ether oxygens (including phenoxy) is 1. The Labute approximate surface area is 158 Å². The molecule has 2 aromatic carbocycles. The molecule has 2 aromatic rings. The first-order valence-corrected chi connectivity index (χ1v) is 9.45. The Bertz CT molecular complexity index is 823. The monoisotopic (exact) mass is 369 g/mol. The molecule has 1 saturated heterocycles. The van der Waals surface area contributed by atoms with E-state index in [1.807, 2.05) is 18.2 Å². The van der Waals surface area contributed by atoms with Crippen LogP contribution in [0.15, 0.2) is 48.5 Å². The zero-order chi connectivity index (χ0) is 18.9. The molecule has 0 spiro atoms. The number of aliphatic hydroxyl groups is 1. The number of ketones is 1. The van der Waals surface area contributed by atoms with Crippen LogP contribution in [0, 0.1) is 11.2 Å². The fourth-order valence-electron chi connectivity index (χ4n) is 4.39. The topological polar surface area (TPSA) is 49.8 Å². The van der Waals surface area contributed by atoms with E-state index >= 15 is 0 Å². The maximum absolute atomic E-state index is 13.0. The van der Waals surface area contributed by atoms with Gasteiger partial charge in [0.15, 0.2) is 5.78 Å². The van der Waals surface area contributed by atoms with Crippen molar-refractivity contribution in [1.82, 2.24) is 4.90 Å². The van der Waals surface area contributed by atoms with Gasteiger partial charge in [-0.1, -0.05) is 18.2 Å². The van der Waals surface area contributed by atoms with Crippen LogP contribution in [0.2, 0.25) is 0 Å². The lowest BCUT2D eigenvalue weighted by Crippen LogP contribution is -2.42. The standard InChI is InChI=1S/C22H24FNO3/c23-17-9-7-16(8-10-17)20(26)5-3-11-24-12-19-18-4-1-2-6-21(18)27-15-22(19,13-24)14-25/h1-2,4,6-10,19,25H,3,5,11-15H2/t19-,22-/m1/s1. The molecule has 0 radical (unpaired) electrons. The highest BCUT2D eigenvalue weighted by Gasteiger charge is 2.50. The highest BCUT2D eigenvalue weighted by Crippen LogP contribution is 2.49. The van der Waals surface area contributed by atoms with E-state index in [0.717, 1.165) is 31.8 Å². The molecule has 2 aliphatic rings. The van der Waals surface area contributed by atoms with E-state index in [9.17, 15) is 14.3 Å². The molecule has 0 saturated carbocycles. The summed E-state index contributed by atoms with van der Waals surface area (Å²) in [5.74, 6) is 0.875. The number of fused-ring (bicyclic) bond motifs is 3. The Morgan fingerprint density at radius 3 is 2.78 bits per heavy atom. The molecule has 142 valence electrons. The summed E-state index contributed by atoms with van der Waals surface area (Å²) in [5.41, 5.74) is 1.46. The van der Waals surface area contributed by atoms with Gasteiger partial charge in [0.1, 0.15) is 11.6 Å². The van der Waals surface area contributed by atoms with Crippen LogP contribution in [0.1, 0.15) is 34.7 Å². The summed E-state index contributed by atoms with van der Waals surface area (Å²) < 4.78 is 18.9. The smallest absolute Gasteiger partial charge is 0.162 e. The zero-order valence-corrected chi connectivity index (χ0v) is 15.2. The van der Waals surface area contributed by atoms with E-state index in [-0.39, 0.29) is 29.5 Å². The van der Waals surface area contributed by atoms with Crippen LogP contribution in [0.3, 0.4) is 0 Å². The number of para-hydroxylation sites is 1. The minimum atomic E-state index is -0.331. The number of likely N-dealkylation sites (tertiary alicyclic amines) is 1. The first-order chi connectivity index (χ1) is 13.1. The minimum Gasteiger partial charge on any atom is -0.493 e. The second kappa shape index (κ2) is 7.41. The first-order valence-electron chi connectivity index (χ1n) is 9.45. The molecule has 0 unspecified atom stereocenters. The summed E-state index contributed by atoms with van der Waals surface area (Å²) in [6.07, 6.45) is 1.18. The lowest BCUT2D eigenvalue weighted by Gasteiger charge is -2.38. The predicted octanol–water partition coefficient (Wildman–Crippen LogP) is 3.26. The molecule has 4 nitrogen and oxygen atoms in total. The highest BCUT2D eigenvalue weighted by atomic mass is 19.1. The highest BCUT2D eigenvalue weighted by molar-refractivity contribution is 5.95. The second-order valence-electron chi connectivity index (χ2n) is 7.67. The van der Waals surface area contributed by atoms with Gasteiger partial charge in [-0.3, -0.25) is 4.79 Å². The van der Waals surface area contributed by atoms with Crippen molar-refractivity contribution in [2.45, 2.75) is 18.8 Å². The quantitative estimate of drug-likeness (QED) is 0.794. The van der Waals surface area contributed by atoms with Gasteiger partial charge in [0.25, 0.3) is 0 Å². The Balaban J connectivity index is 1.37. The van der Waals surface area contributed by atoms with Gasteiger partial charge in [-0.05, 0) is 48.9 Å². The van der Waals surface area contributed by atoms with Crippen LogP contribution < -0.4 is 4.74 Å². The maximum Gasteiger partial charge on any atom is 0.162 e. The number of rotatable bonds is 6. The number of carbonyl (C=O) groups is 1. The Hall–Kier alpha value is -2.24. The molecule has 0 amide bonds. The van der Waals surface area contributed by atoms with Gasteiger partial charge in [0.2, 0.25) is 0 Å². The van der Waals surface area contributed by atoms with Crippen LogP contribution in [-0.4, -0.2) is 48.6 Å². The second-order valence-corrected chi connectivity index (χ2v) is 7.67. The van der Waals surface area contributed by atoms with Crippen molar-refractivity contribution >= 4 is 5.78 Å². The van der Waals surface area contributed by atoms with Crippen molar-refractivity contribution in [2.75, 3.05) is 32.8 Å². The third kappa shape index (κ3) is 3.49. The Morgan fingerprint density at radius 2 is 2.00 bits per heavy atom. The van der Waals surface area contributed by atoms with Crippen molar-refractivity contribution in [1.29, 1.82) is 0 Å². The molecule has 0 aromatic heterocycles. The molecular formula is C22H24FNO3. The summed E-state index contributed by atoms with van der Waals surface area (Å²) in [4.78, 5) is 14.6. The van der Waals surface area contributed by atoms with E-state index in [1.165, 1.54) is 29.8 Å². The van der Waals surface area contributed by atoms with E-state index in [0.29, 0.717) is 18.6 Å². The molecule has 0 aliphatic carbocycles. The fourth-order valence-corrected chi connectivity index (χ4v) is 4.39. The van der Waals surface area contributed by atoms with Crippen molar-refractivity contribution in [3.8, 4) is 5.75 Å². The average molecular weight is 369 g/mol. The molecule has 4 rings (SSSR count). The van der Waals surface area contributed by atoms with Gasteiger partial charge in [0.05, 0.1) is 13.2 Å². The number of aliphatic hydroxyl groups excluding tert-OH is 1. The van der Waals surface area contributed by atoms with Crippen LogP contribution in [-0.2, 0) is 0 Å². The van der Waals surface area contributed by atoms with E-state index < -0.39 is 0 Å². The first kappa shape index (κ1) is 18.1. The van der Waals surface area contributed by atoms with Crippen molar-refractivity contribution in [2.24, 2.45) is 5.41 Å². The lowest BCUT2D eigenvalue weighted by molar-refractivity contribution is 0.0461. The van der Waals surface area contributed by atoms with Crippen LogP contribution >= 0.6 is 0 Å². The van der Waals surface area contributed by atoms with Crippen LogP contribution in [0.5, 0.6) is 5.75 Å². The molecule has 1 N–H and O–H groups in total. The number of hydrogen-bond acceptors (Lipinski definition) is 4. The lowest BCUT2D eigenvalue weighted by atomic mass is 9.74. The number of hydrogen-bond donors (Lipinski definition) is 1. The Kier molecular flexibility index (Phi) is 4.98. The normalized spacial score (nSPS) is 24.1. The fraction of sp³-hybridized carbons (Fsp3) is 0.409. The third-order valence-electron chi connectivity index (χ3n) is 5.89. The SMILES string of the molecule is O=C(CCCN1C[C@@H]2c3ccccc3OC[C@]2(CO)C1)c1ccc(F)cc1. The van der Waals surface area contributed by atoms with Gasteiger partial charge in [0, 0.05) is 36.4 Å². The third-order valence-corrected chi connectivity index (χ3v) is 5.89. The minimum absolute atomic E-state index is 0.0390. The summed E-state index contributed by atoms with van der Waals surface area (Å²) in [6.45, 7) is 3.06. The van der Waals surface area contributed by atoms with Crippen LogP contribution in [0.25, 0.3) is 0 Å². The number of benzene rings is 2. The van der Waals surface area contributed by atoms with Gasteiger partial charge in [-0.25, -0.2) is 4.39 Å². The van der Waals surface area contributed by atoms with Gasteiger partial charge in [-0.15, -0.1) is 0 Å². The average Bonchev–Trinajstić information content (AvgIpc) is 3.08. The van der Waals surface area contributed by atoms with Crippen molar-refractivity contribution in [3.63, 3.8) is 0 Å². The molecule has 1 fully saturated rings. The number of halogens is 1. The summed E-state index contributed by atoms with van der Waals surface area (Å²) in [5, 5.41) is 10.1. The van der Waals surface area contributed by atoms with E-state index in [4.69, 9.17) is 4.74 Å². The summed E-state index contributed by atoms with van der Waals surface area (Å²) >= 11 is 0. The van der Waals surface area contributed by atoms with Gasteiger partial charge in [-0.2, -0.15) is 0 Å². The number of Topliss-reactive ketones (excluding diaryl/α,β-unsaturated/α-hetero) is 1.